The normalized spacial score (nSPS) is 11.4. The number of benzene rings is 3. The van der Waals surface area contributed by atoms with Crippen molar-refractivity contribution in [1.82, 2.24) is 19.1 Å². The topological polar surface area (TPSA) is 35.6 Å². The highest BCUT2D eigenvalue weighted by Crippen LogP contribution is 2.29. The van der Waals surface area contributed by atoms with Crippen molar-refractivity contribution < 1.29 is 0 Å². The molecule has 0 aliphatic heterocycles. The molecule has 25 heavy (non-hydrogen) atoms. The minimum absolute atomic E-state index is 0.976. The Labute approximate surface area is 152 Å². The molecule has 0 atom stereocenters. The van der Waals surface area contributed by atoms with Crippen LogP contribution in [0.5, 0.6) is 0 Å². The summed E-state index contributed by atoms with van der Waals surface area (Å²) in [7, 11) is 0. The summed E-state index contributed by atoms with van der Waals surface area (Å²) < 4.78 is 5.25. The minimum Gasteiger partial charge on any atom is -0.297 e. The lowest BCUT2D eigenvalue weighted by atomic mass is 10.2. The predicted molar refractivity (Wildman–Crippen MR) is 103 cm³/mol. The average Bonchev–Trinajstić information content (AvgIpc) is 3.26. The number of nitrogens with zero attached hydrogens (tertiary/aromatic N) is 4. The van der Waals surface area contributed by atoms with Crippen molar-refractivity contribution >= 4 is 38.0 Å². The summed E-state index contributed by atoms with van der Waals surface area (Å²) in [4.78, 5) is 9.06. The molecular weight excluding hydrogens is 376 g/mol. The van der Waals surface area contributed by atoms with Crippen molar-refractivity contribution in [2.45, 2.75) is 0 Å². The van der Waals surface area contributed by atoms with Gasteiger partial charge in [-0.2, -0.15) is 0 Å². The molecule has 0 bridgehead atoms. The number of halogens is 1. The van der Waals surface area contributed by atoms with Gasteiger partial charge < -0.3 is 0 Å². The third kappa shape index (κ3) is 2.27. The van der Waals surface area contributed by atoms with E-state index in [4.69, 9.17) is 0 Å². The highest BCUT2D eigenvalue weighted by molar-refractivity contribution is 9.10. The summed E-state index contributed by atoms with van der Waals surface area (Å²) in [6, 6.07) is 22.5. The Morgan fingerprint density at radius 1 is 0.640 bits per heavy atom. The number of para-hydroxylation sites is 4. The van der Waals surface area contributed by atoms with Crippen LogP contribution in [-0.4, -0.2) is 19.1 Å². The van der Waals surface area contributed by atoms with Gasteiger partial charge in [-0.1, -0.05) is 40.2 Å². The fourth-order valence-corrected chi connectivity index (χ4v) is 3.54. The Balaban J connectivity index is 1.82. The van der Waals surface area contributed by atoms with E-state index in [2.05, 4.69) is 59.3 Å². The molecule has 0 radical (unpaired) electrons. The van der Waals surface area contributed by atoms with Gasteiger partial charge in [0.05, 0.1) is 33.4 Å². The third-order valence-corrected chi connectivity index (χ3v) is 4.86. The first-order valence-corrected chi connectivity index (χ1v) is 8.75. The third-order valence-electron chi connectivity index (χ3n) is 4.36. The van der Waals surface area contributed by atoms with Crippen LogP contribution in [0.1, 0.15) is 0 Å². The molecule has 2 heterocycles. The van der Waals surface area contributed by atoms with E-state index >= 15 is 0 Å². The highest BCUT2D eigenvalue weighted by Gasteiger charge is 2.13. The molecule has 120 valence electrons. The molecular formula is C20H13BrN4. The molecule has 0 saturated heterocycles. The van der Waals surface area contributed by atoms with Gasteiger partial charge in [-0.25, -0.2) is 9.97 Å². The molecule has 2 aromatic heterocycles. The van der Waals surface area contributed by atoms with Gasteiger partial charge in [-0.05, 0) is 42.5 Å². The summed E-state index contributed by atoms with van der Waals surface area (Å²) in [5, 5.41) is 0. The van der Waals surface area contributed by atoms with Gasteiger partial charge in [-0.3, -0.25) is 9.13 Å². The Morgan fingerprint density at radius 2 is 1.20 bits per heavy atom. The second kappa shape index (κ2) is 5.57. The minimum atomic E-state index is 0.976. The van der Waals surface area contributed by atoms with Crippen LogP contribution in [0.25, 0.3) is 33.4 Å². The fraction of sp³-hybridized carbons (Fsp3) is 0. The zero-order valence-corrected chi connectivity index (χ0v) is 14.8. The smallest absolute Gasteiger partial charge is 0.100 e. The van der Waals surface area contributed by atoms with E-state index in [1.807, 2.05) is 55.1 Å². The van der Waals surface area contributed by atoms with Gasteiger partial charge in [0.1, 0.15) is 12.7 Å². The lowest BCUT2D eigenvalue weighted by Crippen LogP contribution is -2.01. The molecule has 5 heteroatoms. The first-order valence-electron chi connectivity index (χ1n) is 7.96. The maximum atomic E-state index is 4.53. The van der Waals surface area contributed by atoms with Crippen LogP contribution in [0.3, 0.4) is 0 Å². The molecule has 3 aromatic carbocycles. The van der Waals surface area contributed by atoms with Gasteiger partial charge in [0.2, 0.25) is 0 Å². The Bertz CT molecular complexity index is 1220. The van der Waals surface area contributed by atoms with Gasteiger partial charge in [-0.15, -0.1) is 0 Å². The molecule has 0 aliphatic rings. The average molecular weight is 389 g/mol. The Kier molecular flexibility index (Phi) is 3.21. The molecule has 4 nitrogen and oxygen atoms in total. The van der Waals surface area contributed by atoms with E-state index in [0.717, 1.165) is 37.9 Å². The summed E-state index contributed by atoms with van der Waals surface area (Å²) in [6.07, 6.45) is 3.74. The highest BCUT2D eigenvalue weighted by atomic mass is 79.9. The monoisotopic (exact) mass is 388 g/mol. The molecule has 0 amide bonds. The van der Waals surface area contributed by atoms with Gasteiger partial charge in [0.25, 0.3) is 0 Å². The number of fused-ring (bicyclic) bond motifs is 2. The largest absolute Gasteiger partial charge is 0.297 e. The predicted octanol–water partition coefficient (Wildman–Crippen LogP) is 5.13. The number of aromatic nitrogens is 4. The molecule has 0 unspecified atom stereocenters. The van der Waals surface area contributed by atoms with Crippen molar-refractivity contribution in [1.29, 1.82) is 0 Å². The van der Waals surface area contributed by atoms with Crippen molar-refractivity contribution in [2.75, 3.05) is 0 Å². The Morgan fingerprint density at radius 3 is 1.84 bits per heavy atom. The molecule has 5 rings (SSSR count). The molecule has 0 fully saturated rings. The van der Waals surface area contributed by atoms with E-state index in [0.29, 0.717) is 0 Å². The lowest BCUT2D eigenvalue weighted by Gasteiger charge is -2.13. The second-order valence-electron chi connectivity index (χ2n) is 5.84. The standard InChI is InChI=1S/C20H13BrN4/c21-14-9-10-19(24-12-22-15-5-1-3-7-17(15)24)20(11-14)25-13-23-16-6-2-4-8-18(16)25/h1-13H. The first kappa shape index (κ1) is 14.4. The summed E-state index contributed by atoms with van der Waals surface area (Å²) >= 11 is 3.60. The number of hydrogen-bond donors (Lipinski definition) is 0. The van der Waals surface area contributed by atoms with Crippen LogP contribution in [0, 0.1) is 0 Å². The van der Waals surface area contributed by atoms with Crippen LogP contribution in [-0.2, 0) is 0 Å². The van der Waals surface area contributed by atoms with Gasteiger partial charge >= 0.3 is 0 Å². The van der Waals surface area contributed by atoms with E-state index in [-0.39, 0.29) is 0 Å². The first-order chi connectivity index (χ1) is 12.3. The van der Waals surface area contributed by atoms with Crippen LogP contribution < -0.4 is 0 Å². The van der Waals surface area contributed by atoms with Crippen LogP contribution in [0.4, 0.5) is 0 Å². The second-order valence-corrected chi connectivity index (χ2v) is 6.76. The molecule has 0 N–H and O–H groups in total. The van der Waals surface area contributed by atoms with Crippen molar-refractivity contribution in [3.8, 4) is 11.4 Å². The van der Waals surface area contributed by atoms with Crippen LogP contribution >= 0.6 is 15.9 Å². The molecule has 0 spiro atoms. The van der Waals surface area contributed by atoms with E-state index in [1.54, 1.807) is 0 Å². The maximum absolute atomic E-state index is 4.53. The summed E-state index contributed by atoms with van der Waals surface area (Å²) in [5.41, 5.74) is 6.21. The molecule has 0 saturated carbocycles. The van der Waals surface area contributed by atoms with E-state index in [1.165, 1.54) is 0 Å². The summed E-state index contributed by atoms with van der Waals surface area (Å²) in [6.45, 7) is 0. The molecule has 0 aliphatic carbocycles. The van der Waals surface area contributed by atoms with E-state index < -0.39 is 0 Å². The number of hydrogen-bond acceptors (Lipinski definition) is 2. The SMILES string of the molecule is Brc1ccc(-n2cnc3ccccc32)c(-n2cnc3ccccc32)c1. The zero-order valence-electron chi connectivity index (χ0n) is 13.2. The van der Waals surface area contributed by atoms with Gasteiger partial charge in [0.15, 0.2) is 0 Å². The quantitative estimate of drug-likeness (QED) is 0.420. The summed E-state index contributed by atoms with van der Waals surface area (Å²) in [5.74, 6) is 0. The molecule has 5 aromatic rings. The van der Waals surface area contributed by atoms with Gasteiger partial charge in [0, 0.05) is 4.47 Å². The van der Waals surface area contributed by atoms with Crippen molar-refractivity contribution in [2.24, 2.45) is 0 Å². The van der Waals surface area contributed by atoms with Crippen molar-refractivity contribution in [3.63, 3.8) is 0 Å². The number of imidazole rings is 2. The van der Waals surface area contributed by atoms with Crippen LogP contribution in [0.15, 0.2) is 83.9 Å². The van der Waals surface area contributed by atoms with Crippen LogP contribution in [0.2, 0.25) is 0 Å². The maximum Gasteiger partial charge on any atom is 0.100 e. The number of rotatable bonds is 2. The fourth-order valence-electron chi connectivity index (χ4n) is 3.20. The van der Waals surface area contributed by atoms with Crippen molar-refractivity contribution in [3.05, 3.63) is 83.9 Å². The zero-order chi connectivity index (χ0) is 16.8. The Hall–Kier alpha value is -2.92. The lowest BCUT2D eigenvalue weighted by molar-refractivity contribution is 1.02. The van der Waals surface area contributed by atoms with E-state index in [9.17, 15) is 0 Å².